The van der Waals surface area contributed by atoms with Crippen LogP contribution in [0.3, 0.4) is 0 Å². The molecule has 5 aliphatic heterocycles. The first-order chi connectivity index (χ1) is 38.0. The van der Waals surface area contributed by atoms with E-state index in [0.29, 0.717) is 24.2 Å². The minimum atomic E-state index is -0.0442. The van der Waals surface area contributed by atoms with E-state index in [1.54, 1.807) is 0 Å². The number of nitrogens with zero attached hydrogens (tertiary/aromatic N) is 7. The molecule has 22 atom stereocenters. The van der Waals surface area contributed by atoms with Crippen LogP contribution in [0, 0.1) is 152 Å². The van der Waals surface area contributed by atoms with Crippen LogP contribution in [0.15, 0.2) is 0 Å². The van der Waals surface area contributed by atoms with Crippen molar-refractivity contribution in [1.82, 2.24) is 25.3 Å². The smallest absolute Gasteiger partial charge is 0.0669 e. The number of piperidine rings is 2. The average molecular weight is 1050 g/mol. The zero-order chi connectivity index (χ0) is 51.7. The maximum Gasteiger partial charge on any atom is 0.0669 e. The summed E-state index contributed by atoms with van der Waals surface area (Å²) in [5.41, 5.74) is 0. The molecular weight excluding hydrogens is 943 g/mol. The lowest BCUT2D eigenvalue weighted by Gasteiger charge is -2.47. The van der Waals surface area contributed by atoms with Crippen LogP contribution in [0.5, 0.6) is 0 Å². The van der Waals surface area contributed by atoms with Gasteiger partial charge in [0.25, 0.3) is 0 Å². The molecule has 5 heterocycles. The molecular formula is C68H103N9. The van der Waals surface area contributed by atoms with Gasteiger partial charge in [-0.3, -0.25) is 14.7 Å². The zero-order valence-electron chi connectivity index (χ0n) is 47.9. The highest BCUT2D eigenvalue weighted by molar-refractivity contribution is 5.13. The van der Waals surface area contributed by atoms with Gasteiger partial charge in [-0.2, -0.15) is 21.0 Å². The molecule has 14 rings (SSSR count). The highest BCUT2D eigenvalue weighted by Crippen LogP contribution is 2.59. The van der Waals surface area contributed by atoms with Crippen molar-refractivity contribution in [1.29, 1.82) is 21.0 Å². The number of fused-ring (bicyclic) bond motifs is 9. The maximum atomic E-state index is 9.92. The lowest BCUT2D eigenvalue weighted by Crippen LogP contribution is -2.59. The summed E-state index contributed by atoms with van der Waals surface area (Å²) in [6.45, 7) is 2.52. The van der Waals surface area contributed by atoms with E-state index in [1.165, 1.54) is 212 Å². The van der Waals surface area contributed by atoms with Gasteiger partial charge in [0.15, 0.2) is 0 Å². The predicted molar refractivity (Wildman–Crippen MR) is 302 cm³/mol. The minimum Gasteiger partial charge on any atom is -0.301 e. The van der Waals surface area contributed by atoms with Crippen molar-refractivity contribution >= 4 is 0 Å². The van der Waals surface area contributed by atoms with Crippen molar-refractivity contribution in [2.75, 3.05) is 13.1 Å². The van der Waals surface area contributed by atoms with Crippen molar-refractivity contribution in [3.63, 3.8) is 0 Å². The predicted octanol–water partition coefficient (Wildman–Crippen LogP) is 13.3. The Morgan fingerprint density at radius 1 is 0.260 bits per heavy atom. The number of hydrogen-bond donors (Lipinski definition) is 2. The lowest BCUT2D eigenvalue weighted by atomic mass is 9.63. The number of nitriles is 4. The van der Waals surface area contributed by atoms with E-state index in [4.69, 9.17) is 0 Å². The summed E-state index contributed by atoms with van der Waals surface area (Å²) in [4.78, 5) is 9.61. The first-order valence-electron chi connectivity index (χ1n) is 34.4. The van der Waals surface area contributed by atoms with Gasteiger partial charge < -0.3 is 10.6 Å². The third-order valence-electron chi connectivity index (χ3n) is 27.8. The second-order valence-electron chi connectivity index (χ2n) is 30.5. The van der Waals surface area contributed by atoms with Gasteiger partial charge in [-0.15, -0.1) is 0 Å². The molecule has 14 aliphatic rings. The summed E-state index contributed by atoms with van der Waals surface area (Å²) in [6, 6.07) is 15.7. The van der Waals surface area contributed by atoms with Crippen molar-refractivity contribution in [2.24, 2.45) is 107 Å². The molecule has 0 aromatic carbocycles. The number of hydrogen-bond acceptors (Lipinski definition) is 9. The molecule has 5 saturated heterocycles. The van der Waals surface area contributed by atoms with Gasteiger partial charge in [-0.05, 0) is 276 Å². The van der Waals surface area contributed by atoms with Crippen LogP contribution in [0.4, 0.5) is 0 Å². The Hall–Kier alpha value is -2.24. The maximum absolute atomic E-state index is 9.92. The van der Waals surface area contributed by atoms with Crippen LogP contribution in [0.2, 0.25) is 0 Å². The molecule has 0 bridgehead atoms. The summed E-state index contributed by atoms with van der Waals surface area (Å²) < 4.78 is 0. The Morgan fingerprint density at radius 3 is 1.05 bits per heavy atom. The largest absolute Gasteiger partial charge is 0.301 e. The summed E-state index contributed by atoms with van der Waals surface area (Å²) in [5.74, 6) is 11.5. The first kappa shape index (κ1) is 52.8. The van der Waals surface area contributed by atoms with E-state index in [9.17, 15) is 21.0 Å². The van der Waals surface area contributed by atoms with Crippen LogP contribution >= 0.6 is 0 Å². The Bertz CT molecular complexity index is 2060. The quantitative estimate of drug-likeness (QED) is 0.256. The summed E-state index contributed by atoms with van der Waals surface area (Å²) in [6.07, 6.45) is 49.0. The van der Waals surface area contributed by atoms with Gasteiger partial charge in [-0.25, -0.2) is 0 Å². The third kappa shape index (κ3) is 9.71. The van der Waals surface area contributed by atoms with E-state index in [0.717, 1.165) is 139 Å². The SMILES string of the molecule is N#CC1CCC(C2CCC(N3C4CCCCC4C4CC(C5CNC6C(C5)C5CC(C7CCC8C(C7)C7CCCCC7N8C7CCC(C8CCC(C#N)C(C#N)C8)CC7)CNC5N6C5CCCCC5)CCC43)CC2)CC1C#N. The van der Waals surface area contributed by atoms with Crippen molar-refractivity contribution in [3.8, 4) is 24.3 Å². The standard InChI is InChI=1S/C68H103N9/c69-36-48-16-14-44(30-50(48)38-71)42-18-24-55(25-19-42)75-63-12-6-4-10-57(63)59-32-46(22-28-65(59)75)52-34-61-62-35-53(41-74-68(62)77(67(61)73-40-52)54-8-2-1-3-9-54)47-23-29-66-60(33-47)58-11-5-7-13-64(58)76(66)56-26-20-43(21-27-56)45-15-17-49(37-70)51(31-45)39-72/h42-68,73-74H,1-35,40-41H2. The second kappa shape index (κ2) is 22.8. The topological polar surface area (TPSA) is 129 Å². The van der Waals surface area contributed by atoms with Gasteiger partial charge in [-0.1, -0.05) is 44.9 Å². The molecule has 9 aliphatic carbocycles. The summed E-state index contributed by atoms with van der Waals surface area (Å²) in [7, 11) is 0. The van der Waals surface area contributed by atoms with Crippen molar-refractivity contribution < 1.29 is 0 Å². The number of likely N-dealkylation sites (tertiary alicyclic amines) is 3. The first-order valence-corrected chi connectivity index (χ1v) is 34.4. The van der Waals surface area contributed by atoms with Crippen LogP contribution in [0.25, 0.3) is 0 Å². The Morgan fingerprint density at radius 2 is 0.610 bits per heavy atom. The molecule has 2 N–H and O–H groups in total. The Labute approximate surface area is 467 Å². The molecule has 0 spiro atoms. The number of rotatable bonds is 7. The van der Waals surface area contributed by atoms with Crippen molar-refractivity contribution in [2.45, 2.75) is 279 Å². The fraction of sp³-hybridized carbons (Fsp3) is 0.941. The Kier molecular flexibility index (Phi) is 15.7. The van der Waals surface area contributed by atoms with Gasteiger partial charge in [0.1, 0.15) is 0 Å². The normalized spacial score (nSPS) is 51.7. The lowest BCUT2D eigenvalue weighted by molar-refractivity contribution is 0.0140. The van der Waals surface area contributed by atoms with Gasteiger partial charge in [0.05, 0.1) is 60.3 Å². The molecule has 22 unspecified atom stereocenters. The molecule has 0 radical (unpaired) electrons. The molecule has 9 nitrogen and oxygen atoms in total. The average Bonchev–Trinajstić information content (AvgIpc) is 4.29. The molecule has 9 heteroatoms. The molecule has 77 heavy (non-hydrogen) atoms. The molecule has 420 valence electrons. The van der Waals surface area contributed by atoms with Crippen LogP contribution < -0.4 is 10.6 Å². The van der Waals surface area contributed by atoms with E-state index in [1.807, 2.05) is 0 Å². The fourth-order valence-corrected chi connectivity index (χ4v) is 24.3. The molecule has 0 amide bonds. The highest BCUT2D eigenvalue weighted by atomic mass is 15.4. The number of nitrogens with one attached hydrogen (secondary N) is 2. The highest BCUT2D eigenvalue weighted by Gasteiger charge is 2.60. The van der Waals surface area contributed by atoms with Crippen LogP contribution in [-0.2, 0) is 0 Å². The van der Waals surface area contributed by atoms with E-state index in [-0.39, 0.29) is 23.7 Å². The molecule has 14 fully saturated rings. The summed E-state index contributed by atoms with van der Waals surface area (Å²) >= 11 is 0. The molecule has 9 saturated carbocycles. The van der Waals surface area contributed by atoms with E-state index < -0.39 is 0 Å². The third-order valence-corrected chi connectivity index (χ3v) is 27.8. The fourth-order valence-electron chi connectivity index (χ4n) is 24.3. The zero-order valence-corrected chi connectivity index (χ0v) is 47.9. The van der Waals surface area contributed by atoms with Crippen molar-refractivity contribution in [3.05, 3.63) is 0 Å². The second-order valence-corrected chi connectivity index (χ2v) is 30.5. The van der Waals surface area contributed by atoms with Crippen LogP contribution in [0.1, 0.15) is 225 Å². The van der Waals surface area contributed by atoms with Crippen LogP contribution in [-0.4, -0.2) is 82.4 Å². The molecule has 0 aromatic heterocycles. The van der Waals surface area contributed by atoms with Gasteiger partial charge >= 0.3 is 0 Å². The molecule has 0 aromatic rings. The van der Waals surface area contributed by atoms with E-state index >= 15 is 0 Å². The van der Waals surface area contributed by atoms with E-state index in [2.05, 4.69) is 49.6 Å². The van der Waals surface area contributed by atoms with Gasteiger partial charge in [0.2, 0.25) is 0 Å². The summed E-state index contributed by atoms with van der Waals surface area (Å²) in [5, 5.41) is 48.2. The minimum absolute atomic E-state index is 0.0391. The Balaban J connectivity index is 0.630. The van der Waals surface area contributed by atoms with Gasteiger partial charge in [0, 0.05) is 42.3 Å². The monoisotopic (exact) mass is 1050 g/mol.